The first kappa shape index (κ1) is 17.0. The molecule has 1 rings (SSSR count). The molecule has 20 heavy (non-hydrogen) atoms. The van der Waals surface area contributed by atoms with Crippen LogP contribution in [-0.4, -0.2) is 61.5 Å². The van der Waals surface area contributed by atoms with Gasteiger partial charge < -0.3 is 20.1 Å². The van der Waals surface area contributed by atoms with Gasteiger partial charge in [0.05, 0.1) is 12.1 Å². The van der Waals surface area contributed by atoms with Crippen LogP contribution in [0.4, 0.5) is 0 Å². The van der Waals surface area contributed by atoms with Gasteiger partial charge in [-0.3, -0.25) is 4.99 Å². The Labute approximate surface area is 122 Å². The largest absolute Gasteiger partial charge is 0.388 e. The lowest BCUT2D eigenvalue weighted by Gasteiger charge is -2.31. The lowest BCUT2D eigenvalue weighted by molar-refractivity contribution is -0.0566. The highest BCUT2D eigenvalue weighted by Crippen LogP contribution is 2.20. The summed E-state index contributed by atoms with van der Waals surface area (Å²) in [5, 5.41) is 13.7. The van der Waals surface area contributed by atoms with Gasteiger partial charge in [-0.25, -0.2) is 0 Å². The second kappa shape index (κ2) is 8.97. The Bertz CT molecular complexity index is 312. The van der Waals surface area contributed by atoms with Gasteiger partial charge in [0.25, 0.3) is 0 Å². The molecule has 0 spiro atoms. The van der Waals surface area contributed by atoms with E-state index in [4.69, 9.17) is 4.74 Å². The number of hydrogen-bond acceptors (Lipinski definition) is 3. The summed E-state index contributed by atoms with van der Waals surface area (Å²) in [6.45, 7) is 9.22. The summed E-state index contributed by atoms with van der Waals surface area (Å²) >= 11 is 0. The van der Waals surface area contributed by atoms with Crippen LogP contribution in [0, 0.1) is 0 Å². The van der Waals surface area contributed by atoms with Gasteiger partial charge in [-0.05, 0) is 19.8 Å². The number of nitrogens with one attached hydrogen (secondary N) is 1. The van der Waals surface area contributed by atoms with Crippen molar-refractivity contribution in [3.05, 3.63) is 12.7 Å². The summed E-state index contributed by atoms with van der Waals surface area (Å²) < 4.78 is 5.29. The lowest BCUT2D eigenvalue weighted by Crippen LogP contribution is -2.43. The van der Waals surface area contributed by atoms with E-state index in [1.807, 2.05) is 13.1 Å². The Balaban J connectivity index is 2.54. The van der Waals surface area contributed by atoms with Crippen molar-refractivity contribution in [3.63, 3.8) is 0 Å². The molecule has 0 aromatic heterocycles. The second-order valence-corrected chi connectivity index (χ2v) is 5.36. The predicted molar refractivity (Wildman–Crippen MR) is 83.0 cm³/mol. The van der Waals surface area contributed by atoms with E-state index in [0.29, 0.717) is 32.6 Å². The van der Waals surface area contributed by atoms with E-state index in [2.05, 4.69) is 28.7 Å². The maximum atomic E-state index is 10.4. The average Bonchev–Trinajstić information content (AvgIpc) is 2.44. The van der Waals surface area contributed by atoms with Crippen LogP contribution in [0.15, 0.2) is 17.6 Å². The first-order valence-corrected chi connectivity index (χ1v) is 7.52. The van der Waals surface area contributed by atoms with Crippen LogP contribution in [-0.2, 0) is 4.74 Å². The minimum atomic E-state index is -0.707. The quantitative estimate of drug-likeness (QED) is 0.321. The molecular weight excluding hydrogens is 254 g/mol. The van der Waals surface area contributed by atoms with Crippen LogP contribution in [0.25, 0.3) is 0 Å². The zero-order valence-electron chi connectivity index (χ0n) is 12.9. The molecule has 0 aliphatic carbocycles. The molecule has 0 aromatic rings. The minimum Gasteiger partial charge on any atom is -0.388 e. The van der Waals surface area contributed by atoms with Crippen molar-refractivity contribution in [2.75, 3.05) is 39.9 Å². The molecule has 0 atom stereocenters. The minimum absolute atomic E-state index is 0.435. The van der Waals surface area contributed by atoms with Gasteiger partial charge in [-0.1, -0.05) is 6.08 Å². The maximum absolute atomic E-state index is 10.4. The first-order chi connectivity index (χ1) is 9.61. The molecule has 0 bridgehead atoms. The molecule has 1 aliphatic rings. The number of rotatable bonds is 7. The number of aliphatic imine (C=N–C) groups is 1. The smallest absolute Gasteiger partial charge is 0.193 e. The molecule has 1 heterocycles. The Morgan fingerprint density at radius 3 is 2.80 bits per heavy atom. The van der Waals surface area contributed by atoms with Crippen LogP contribution in [0.2, 0.25) is 0 Å². The van der Waals surface area contributed by atoms with Crippen molar-refractivity contribution >= 4 is 5.96 Å². The molecule has 0 aromatic carbocycles. The van der Waals surface area contributed by atoms with Gasteiger partial charge in [-0.2, -0.15) is 0 Å². The number of ether oxygens (including phenoxy) is 1. The van der Waals surface area contributed by atoms with Crippen LogP contribution >= 0.6 is 0 Å². The van der Waals surface area contributed by atoms with Gasteiger partial charge in [0, 0.05) is 46.2 Å². The normalized spacial score (nSPS) is 18.6. The Kier molecular flexibility index (Phi) is 7.62. The zero-order valence-corrected chi connectivity index (χ0v) is 12.9. The van der Waals surface area contributed by atoms with E-state index in [1.165, 1.54) is 0 Å². The van der Waals surface area contributed by atoms with Crippen molar-refractivity contribution in [3.8, 4) is 0 Å². The second-order valence-electron chi connectivity index (χ2n) is 5.36. The Hall–Kier alpha value is -1.07. The number of hydrogen-bond donors (Lipinski definition) is 2. The average molecular weight is 283 g/mol. The Morgan fingerprint density at radius 1 is 1.50 bits per heavy atom. The van der Waals surface area contributed by atoms with Crippen molar-refractivity contribution in [2.45, 2.75) is 38.2 Å². The van der Waals surface area contributed by atoms with E-state index in [9.17, 15) is 5.11 Å². The third-order valence-corrected chi connectivity index (χ3v) is 3.54. The SMILES string of the molecule is C=CCCCN(C)C(=NCC1(O)CCOCC1)NCC. The molecule has 2 N–H and O–H groups in total. The zero-order chi connectivity index (χ0) is 14.8. The monoisotopic (exact) mass is 283 g/mol. The fourth-order valence-electron chi connectivity index (χ4n) is 2.18. The molecule has 1 saturated heterocycles. The fraction of sp³-hybridized carbons (Fsp3) is 0.800. The summed E-state index contributed by atoms with van der Waals surface area (Å²) in [6, 6.07) is 0. The maximum Gasteiger partial charge on any atom is 0.193 e. The summed E-state index contributed by atoms with van der Waals surface area (Å²) in [7, 11) is 2.03. The van der Waals surface area contributed by atoms with Crippen LogP contribution in [0.5, 0.6) is 0 Å². The summed E-state index contributed by atoms with van der Waals surface area (Å²) in [5.74, 6) is 0.858. The van der Waals surface area contributed by atoms with E-state index < -0.39 is 5.60 Å². The highest BCUT2D eigenvalue weighted by atomic mass is 16.5. The Morgan fingerprint density at radius 2 is 2.20 bits per heavy atom. The van der Waals surface area contributed by atoms with E-state index in [-0.39, 0.29) is 0 Å². The van der Waals surface area contributed by atoms with Crippen LogP contribution in [0.1, 0.15) is 32.6 Å². The van der Waals surface area contributed by atoms with E-state index in [0.717, 1.165) is 31.9 Å². The number of nitrogens with zero attached hydrogens (tertiary/aromatic N) is 2. The summed E-state index contributed by atoms with van der Waals surface area (Å²) in [6.07, 6.45) is 5.32. The van der Waals surface area contributed by atoms with E-state index in [1.54, 1.807) is 0 Å². The highest BCUT2D eigenvalue weighted by Gasteiger charge is 2.29. The van der Waals surface area contributed by atoms with Gasteiger partial charge in [0.15, 0.2) is 5.96 Å². The van der Waals surface area contributed by atoms with Gasteiger partial charge >= 0.3 is 0 Å². The molecular formula is C15H29N3O2. The molecule has 1 fully saturated rings. The van der Waals surface area contributed by atoms with Crippen molar-refractivity contribution in [1.29, 1.82) is 0 Å². The number of aliphatic hydroxyl groups is 1. The third kappa shape index (κ3) is 5.92. The van der Waals surface area contributed by atoms with Gasteiger partial charge in [0.1, 0.15) is 0 Å². The number of unbranched alkanes of at least 4 members (excludes halogenated alkanes) is 1. The molecule has 0 saturated carbocycles. The number of guanidine groups is 1. The molecule has 5 nitrogen and oxygen atoms in total. The fourth-order valence-corrected chi connectivity index (χ4v) is 2.18. The van der Waals surface area contributed by atoms with Crippen molar-refractivity contribution < 1.29 is 9.84 Å². The topological polar surface area (TPSA) is 57.1 Å². The molecule has 116 valence electrons. The summed E-state index contributed by atoms with van der Waals surface area (Å²) in [4.78, 5) is 6.69. The number of allylic oxidation sites excluding steroid dienone is 1. The molecule has 0 radical (unpaired) electrons. The molecule has 0 unspecified atom stereocenters. The van der Waals surface area contributed by atoms with Gasteiger partial charge in [0.2, 0.25) is 0 Å². The third-order valence-electron chi connectivity index (χ3n) is 3.54. The molecule has 5 heteroatoms. The van der Waals surface area contributed by atoms with Gasteiger partial charge in [-0.15, -0.1) is 6.58 Å². The van der Waals surface area contributed by atoms with Crippen LogP contribution in [0.3, 0.4) is 0 Å². The standard InChI is InChI=1S/C15H29N3O2/c1-4-6-7-10-18(3)14(16-5-2)17-13-15(19)8-11-20-12-9-15/h4,19H,1,5-13H2,2-3H3,(H,16,17). The van der Waals surface area contributed by atoms with E-state index >= 15 is 0 Å². The molecule has 0 amide bonds. The molecule has 1 aliphatic heterocycles. The van der Waals surface area contributed by atoms with Crippen LogP contribution < -0.4 is 5.32 Å². The first-order valence-electron chi connectivity index (χ1n) is 7.52. The predicted octanol–water partition coefficient (Wildman–Crippen LogP) is 1.39. The summed E-state index contributed by atoms with van der Waals surface area (Å²) in [5.41, 5.74) is -0.707. The van der Waals surface area contributed by atoms with Crippen molar-refractivity contribution in [1.82, 2.24) is 10.2 Å². The lowest BCUT2D eigenvalue weighted by atomic mass is 9.95. The highest BCUT2D eigenvalue weighted by molar-refractivity contribution is 5.79. The van der Waals surface area contributed by atoms with Crippen molar-refractivity contribution in [2.24, 2.45) is 4.99 Å².